The Morgan fingerprint density at radius 3 is 2.15 bits per heavy atom. The predicted octanol–water partition coefficient (Wildman–Crippen LogP) is 3.32. The maximum absolute atomic E-state index is 13.6. The topological polar surface area (TPSA) is 56.8 Å². The summed E-state index contributed by atoms with van der Waals surface area (Å²) in [5.74, 6) is -1.06. The molecule has 1 saturated heterocycles. The summed E-state index contributed by atoms with van der Waals surface area (Å²) in [6, 6.07) is 19.7. The number of rotatable bonds is 6. The fraction of sp³-hybridized carbons (Fsp3) is 0.222. The van der Waals surface area contributed by atoms with Crippen molar-refractivity contribution in [1.29, 1.82) is 0 Å². The Kier molecular flexibility index (Phi) is 6.18. The molecule has 2 aromatic carbocycles. The van der Waals surface area contributed by atoms with Crippen molar-refractivity contribution in [2.75, 3.05) is 26.2 Å². The van der Waals surface area contributed by atoms with Crippen LogP contribution in [0.5, 0.6) is 0 Å². The number of nitrogens with zero attached hydrogens (tertiary/aromatic N) is 4. The van der Waals surface area contributed by atoms with Gasteiger partial charge in [0.05, 0.1) is 12.1 Å². The number of benzene rings is 2. The van der Waals surface area contributed by atoms with Crippen LogP contribution in [0.15, 0.2) is 84.8 Å². The zero-order valence-corrected chi connectivity index (χ0v) is 18.7. The first-order chi connectivity index (χ1) is 16.6. The zero-order chi connectivity index (χ0) is 23.5. The molecule has 0 bridgehead atoms. The second-order valence-corrected chi connectivity index (χ2v) is 8.54. The first-order valence-electron chi connectivity index (χ1n) is 11.4. The molecule has 172 valence electrons. The van der Waals surface area contributed by atoms with Crippen LogP contribution in [-0.4, -0.2) is 57.7 Å². The van der Waals surface area contributed by atoms with Crippen LogP contribution in [0.4, 0.5) is 4.39 Å². The number of carbonyl (C=O) groups excluding carboxylic acids is 2. The third-order valence-corrected chi connectivity index (χ3v) is 6.28. The normalized spacial score (nSPS) is 17.1. The Morgan fingerprint density at radius 1 is 0.765 bits per heavy atom. The molecule has 0 N–H and O–H groups in total. The van der Waals surface area contributed by atoms with Gasteiger partial charge in [-0.1, -0.05) is 48.5 Å². The number of hydrogen-bond acceptors (Lipinski definition) is 5. The maximum Gasteiger partial charge on any atom is 0.278 e. The van der Waals surface area contributed by atoms with Gasteiger partial charge in [0.2, 0.25) is 0 Å². The van der Waals surface area contributed by atoms with Crippen LogP contribution in [0.2, 0.25) is 0 Å². The number of aromatic nitrogens is 1. The number of imide groups is 1. The van der Waals surface area contributed by atoms with Crippen LogP contribution in [0.25, 0.3) is 5.57 Å². The van der Waals surface area contributed by atoms with Crippen molar-refractivity contribution >= 4 is 17.4 Å². The molecule has 0 spiro atoms. The van der Waals surface area contributed by atoms with Gasteiger partial charge < -0.3 is 4.90 Å². The Bertz CT molecular complexity index is 1200. The summed E-state index contributed by atoms with van der Waals surface area (Å²) < 4.78 is 13.6. The first kappa shape index (κ1) is 22.0. The third-order valence-electron chi connectivity index (χ3n) is 6.28. The van der Waals surface area contributed by atoms with Crippen LogP contribution in [0.1, 0.15) is 16.7 Å². The van der Waals surface area contributed by atoms with Gasteiger partial charge in [0.1, 0.15) is 11.5 Å². The van der Waals surface area contributed by atoms with Gasteiger partial charge in [0.25, 0.3) is 11.8 Å². The average Bonchev–Trinajstić information content (AvgIpc) is 3.11. The molecule has 5 rings (SSSR count). The molecule has 0 aliphatic carbocycles. The molecule has 6 nitrogen and oxygen atoms in total. The van der Waals surface area contributed by atoms with Crippen LogP contribution in [0.3, 0.4) is 0 Å². The van der Waals surface area contributed by atoms with Crippen LogP contribution < -0.4 is 0 Å². The lowest BCUT2D eigenvalue weighted by molar-refractivity contribution is -0.138. The van der Waals surface area contributed by atoms with Crippen LogP contribution in [0, 0.1) is 5.82 Å². The van der Waals surface area contributed by atoms with Gasteiger partial charge in [-0.25, -0.2) is 4.39 Å². The molecule has 0 unspecified atom stereocenters. The standard InChI is InChI=1S/C27H25FN4O2/c28-23-10-8-22(9-11-23)24-25(27(34)32(26(24)33)19-21-7-4-12-29-17-21)31-15-13-30(14-16-31)18-20-5-2-1-3-6-20/h1-12,17H,13-16,18-19H2. The average molecular weight is 457 g/mol. The minimum atomic E-state index is -0.385. The maximum atomic E-state index is 13.6. The van der Waals surface area contributed by atoms with Crippen LogP contribution >= 0.6 is 0 Å². The summed E-state index contributed by atoms with van der Waals surface area (Å²) in [4.78, 5) is 36.7. The van der Waals surface area contributed by atoms with E-state index in [2.05, 4.69) is 22.0 Å². The van der Waals surface area contributed by atoms with Crippen molar-refractivity contribution in [3.05, 3.63) is 107 Å². The molecule has 3 heterocycles. The van der Waals surface area contributed by atoms with E-state index in [-0.39, 0.29) is 24.2 Å². The third kappa shape index (κ3) is 4.47. The highest BCUT2D eigenvalue weighted by atomic mass is 19.1. The van der Waals surface area contributed by atoms with Crippen molar-refractivity contribution in [2.24, 2.45) is 0 Å². The summed E-state index contributed by atoms with van der Waals surface area (Å²) in [5.41, 5.74) is 3.31. The molecule has 0 radical (unpaired) electrons. The summed E-state index contributed by atoms with van der Waals surface area (Å²) in [6.07, 6.45) is 3.30. The molecular weight excluding hydrogens is 431 g/mol. The molecule has 1 fully saturated rings. The number of amides is 2. The summed E-state index contributed by atoms with van der Waals surface area (Å²) in [6.45, 7) is 3.81. The van der Waals surface area contributed by atoms with E-state index in [0.29, 0.717) is 29.9 Å². The van der Waals surface area contributed by atoms with E-state index in [4.69, 9.17) is 0 Å². The molecule has 3 aromatic rings. The predicted molar refractivity (Wildman–Crippen MR) is 126 cm³/mol. The number of carbonyl (C=O) groups is 2. The number of halogens is 1. The second-order valence-electron chi connectivity index (χ2n) is 8.54. The van der Waals surface area contributed by atoms with Gasteiger partial charge in [0, 0.05) is 45.1 Å². The molecule has 2 aliphatic heterocycles. The van der Waals surface area contributed by atoms with E-state index < -0.39 is 0 Å². The number of piperazine rings is 1. The quantitative estimate of drug-likeness (QED) is 0.533. The molecule has 34 heavy (non-hydrogen) atoms. The summed E-state index contributed by atoms with van der Waals surface area (Å²) in [7, 11) is 0. The van der Waals surface area contributed by atoms with E-state index in [9.17, 15) is 14.0 Å². The van der Waals surface area contributed by atoms with Gasteiger partial charge >= 0.3 is 0 Å². The SMILES string of the molecule is O=C1C(c2ccc(F)cc2)=C(N2CCN(Cc3ccccc3)CC2)C(=O)N1Cc1cccnc1. The van der Waals surface area contributed by atoms with Crippen molar-refractivity contribution in [3.63, 3.8) is 0 Å². The van der Waals surface area contributed by atoms with Gasteiger partial charge in [-0.05, 0) is 34.9 Å². The van der Waals surface area contributed by atoms with Crippen molar-refractivity contribution < 1.29 is 14.0 Å². The Hall–Kier alpha value is -3.84. The molecule has 0 saturated carbocycles. The molecule has 2 amide bonds. The monoisotopic (exact) mass is 456 g/mol. The molecule has 2 aliphatic rings. The first-order valence-corrected chi connectivity index (χ1v) is 11.4. The number of hydrogen-bond donors (Lipinski definition) is 0. The van der Waals surface area contributed by atoms with E-state index >= 15 is 0 Å². The summed E-state index contributed by atoms with van der Waals surface area (Å²) >= 11 is 0. The second kappa shape index (κ2) is 9.57. The smallest absolute Gasteiger partial charge is 0.278 e. The van der Waals surface area contributed by atoms with Crippen LogP contribution in [-0.2, 0) is 22.7 Å². The van der Waals surface area contributed by atoms with Crippen molar-refractivity contribution in [2.45, 2.75) is 13.1 Å². The van der Waals surface area contributed by atoms with Gasteiger partial charge in [0.15, 0.2) is 0 Å². The minimum Gasteiger partial charge on any atom is -0.364 e. The minimum absolute atomic E-state index is 0.147. The lowest BCUT2D eigenvalue weighted by Crippen LogP contribution is -2.47. The number of pyridine rings is 1. The Labute approximate surface area is 197 Å². The highest BCUT2D eigenvalue weighted by Gasteiger charge is 2.42. The van der Waals surface area contributed by atoms with Crippen molar-refractivity contribution in [3.8, 4) is 0 Å². The fourth-order valence-electron chi connectivity index (χ4n) is 4.52. The van der Waals surface area contributed by atoms with E-state index in [1.807, 2.05) is 29.2 Å². The van der Waals surface area contributed by atoms with Crippen molar-refractivity contribution in [1.82, 2.24) is 19.7 Å². The van der Waals surface area contributed by atoms with E-state index in [1.54, 1.807) is 30.6 Å². The highest BCUT2D eigenvalue weighted by Crippen LogP contribution is 2.33. The largest absolute Gasteiger partial charge is 0.364 e. The van der Waals surface area contributed by atoms with E-state index in [1.165, 1.54) is 22.6 Å². The molecular formula is C27H25FN4O2. The highest BCUT2D eigenvalue weighted by molar-refractivity contribution is 6.35. The lowest BCUT2D eigenvalue weighted by Gasteiger charge is -2.36. The van der Waals surface area contributed by atoms with E-state index in [0.717, 1.165) is 25.2 Å². The summed E-state index contributed by atoms with van der Waals surface area (Å²) in [5, 5.41) is 0. The fourth-order valence-corrected chi connectivity index (χ4v) is 4.52. The molecule has 7 heteroatoms. The Balaban J connectivity index is 1.40. The van der Waals surface area contributed by atoms with Gasteiger partial charge in [-0.2, -0.15) is 0 Å². The van der Waals surface area contributed by atoms with Gasteiger partial charge in [-0.3, -0.25) is 24.4 Å². The molecule has 0 atom stereocenters. The zero-order valence-electron chi connectivity index (χ0n) is 18.7. The lowest BCUT2D eigenvalue weighted by atomic mass is 10.0. The Morgan fingerprint density at radius 2 is 1.47 bits per heavy atom. The molecule has 1 aromatic heterocycles. The van der Waals surface area contributed by atoms with Gasteiger partial charge in [-0.15, -0.1) is 0 Å².